The molecule has 0 N–H and O–H groups in total. The fourth-order valence-corrected chi connectivity index (χ4v) is 10.3. The zero-order chi connectivity index (χ0) is 23.5. The van der Waals surface area contributed by atoms with Crippen LogP contribution in [-0.2, 0) is 9.59 Å². The second-order valence-electron chi connectivity index (χ2n) is 13.9. The first-order valence-corrected chi connectivity index (χ1v) is 13.9. The summed E-state index contributed by atoms with van der Waals surface area (Å²) in [4.78, 5) is 27.0. The quantitative estimate of drug-likeness (QED) is 0.232. The first kappa shape index (κ1) is 23.3. The van der Waals surface area contributed by atoms with Crippen LogP contribution >= 0.6 is 22.6 Å². The summed E-state index contributed by atoms with van der Waals surface area (Å²) in [6.45, 7) is 16.3. The average molecular weight is 549 g/mol. The number of carbonyl (C=O) groups excluding carboxylic acids is 2. The number of fused-ring (bicyclic) bond motifs is 7. The Balaban J connectivity index is 1.67. The maximum Gasteiger partial charge on any atom is 0.162 e. The van der Waals surface area contributed by atoms with Gasteiger partial charge in [0.15, 0.2) is 11.6 Å². The van der Waals surface area contributed by atoms with Crippen molar-refractivity contribution in [2.75, 3.05) is 0 Å². The predicted molar refractivity (Wildman–Crippen MR) is 139 cm³/mol. The first-order chi connectivity index (χ1) is 14.6. The van der Waals surface area contributed by atoms with E-state index in [1.807, 2.05) is 6.08 Å². The van der Waals surface area contributed by atoms with Crippen LogP contribution in [0.15, 0.2) is 23.8 Å². The number of hydrogen-bond donors (Lipinski definition) is 0. The molecule has 0 aliphatic heterocycles. The van der Waals surface area contributed by atoms with E-state index in [1.54, 1.807) is 0 Å². The van der Waals surface area contributed by atoms with E-state index in [4.69, 9.17) is 0 Å². The summed E-state index contributed by atoms with van der Waals surface area (Å²) in [7, 11) is 0. The summed E-state index contributed by atoms with van der Waals surface area (Å²) < 4.78 is -0.206. The molecule has 0 aromatic heterocycles. The van der Waals surface area contributed by atoms with Crippen LogP contribution in [0.5, 0.6) is 0 Å². The van der Waals surface area contributed by atoms with Gasteiger partial charge in [0.25, 0.3) is 0 Å². The Morgan fingerprint density at radius 1 is 0.906 bits per heavy atom. The highest BCUT2D eigenvalue weighted by Crippen LogP contribution is 2.75. The fraction of sp³-hybridized carbons (Fsp3) is 0.793. The van der Waals surface area contributed by atoms with Crippen LogP contribution in [0.2, 0.25) is 0 Å². The van der Waals surface area contributed by atoms with Crippen molar-refractivity contribution in [1.29, 1.82) is 0 Å². The Bertz CT molecular complexity index is 956. The Morgan fingerprint density at radius 3 is 2.25 bits per heavy atom. The van der Waals surface area contributed by atoms with Gasteiger partial charge in [0.1, 0.15) is 0 Å². The second kappa shape index (κ2) is 6.61. The average Bonchev–Trinajstić information content (AvgIpc) is 2.69. The third-order valence-electron chi connectivity index (χ3n) is 11.7. The molecular weight excluding hydrogens is 507 g/mol. The van der Waals surface area contributed by atoms with Crippen molar-refractivity contribution in [3.05, 3.63) is 23.8 Å². The van der Waals surface area contributed by atoms with Crippen molar-refractivity contribution in [2.24, 2.45) is 44.8 Å². The fourth-order valence-electron chi connectivity index (χ4n) is 9.27. The summed E-state index contributed by atoms with van der Waals surface area (Å²) in [5, 5.41) is 0. The number of rotatable bonds is 0. The maximum absolute atomic E-state index is 14.1. The van der Waals surface area contributed by atoms with E-state index in [1.165, 1.54) is 31.3 Å². The van der Waals surface area contributed by atoms with Crippen molar-refractivity contribution in [3.63, 3.8) is 0 Å². The molecule has 0 heterocycles. The molecule has 3 unspecified atom stereocenters. The molecule has 5 aliphatic carbocycles. The van der Waals surface area contributed by atoms with Crippen molar-refractivity contribution >= 4 is 34.2 Å². The van der Waals surface area contributed by atoms with Crippen LogP contribution in [0.4, 0.5) is 0 Å². The van der Waals surface area contributed by atoms with Gasteiger partial charge in [-0.2, -0.15) is 0 Å². The lowest BCUT2D eigenvalue weighted by atomic mass is 9.36. The highest BCUT2D eigenvalue weighted by molar-refractivity contribution is 14.1. The van der Waals surface area contributed by atoms with Gasteiger partial charge in [-0.05, 0) is 90.8 Å². The van der Waals surface area contributed by atoms with E-state index in [0.29, 0.717) is 17.1 Å². The molecule has 0 spiro atoms. The molecule has 32 heavy (non-hydrogen) atoms. The Hall–Kier alpha value is -0.450. The number of halogens is 1. The van der Waals surface area contributed by atoms with E-state index in [-0.39, 0.29) is 31.4 Å². The summed E-state index contributed by atoms with van der Waals surface area (Å²) in [5.74, 6) is 2.01. The van der Waals surface area contributed by atoms with Gasteiger partial charge in [0.2, 0.25) is 0 Å². The molecule has 5 rings (SSSR count). The molecule has 3 heteroatoms. The van der Waals surface area contributed by atoms with Crippen molar-refractivity contribution < 1.29 is 9.59 Å². The molecule has 0 amide bonds. The van der Waals surface area contributed by atoms with Crippen molar-refractivity contribution in [1.82, 2.24) is 0 Å². The Kier molecular flexibility index (Phi) is 4.81. The standard InChI is InChI=1S/C29H41IO2/c1-24(2)11-8-18-9-12-28(7)23(19(18)17-24)20(31)16-21-26(28,5)14-15-29(30)25(3,4)22(32)10-13-27(21,29)6/h10,13,16,18-19,23H,8-9,11-12,14-15,17H2,1-7H3/t18?,19?,23?,26-,27-,28-,29-/m1/s1. The van der Waals surface area contributed by atoms with Gasteiger partial charge in [-0.3, -0.25) is 9.59 Å². The predicted octanol–water partition coefficient (Wildman–Crippen LogP) is 7.50. The number of carbonyl (C=O) groups is 2. The number of ketones is 2. The normalized spacial score (nSPS) is 51.1. The maximum atomic E-state index is 14.1. The minimum Gasteiger partial charge on any atom is -0.295 e. The van der Waals surface area contributed by atoms with Crippen LogP contribution in [0, 0.1) is 44.8 Å². The van der Waals surface area contributed by atoms with E-state index < -0.39 is 5.41 Å². The molecular formula is C29H41IO2. The number of allylic oxidation sites excluding steroid dienone is 4. The van der Waals surface area contributed by atoms with Crippen molar-refractivity contribution in [2.45, 2.75) is 96.8 Å². The lowest BCUT2D eigenvalue weighted by Gasteiger charge is -2.69. The molecule has 0 aromatic rings. The number of alkyl halides is 1. The van der Waals surface area contributed by atoms with Gasteiger partial charge < -0.3 is 0 Å². The highest BCUT2D eigenvalue weighted by Gasteiger charge is 2.71. The van der Waals surface area contributed by atoms with Gasteiger partial charge in [-0.25, -0.2) is 0 Å². The summed E-state index contributed by atoms with van der Waals surface area (Å²) in [6, 6.07) is 0. The van der Waals surface area contributed by atoms with Gasteiger partial charge in [0.05, 0.1) is 0 Å². The molecule has 7 atom stereocenters. The Labute approximate surface area is 208 Å². The van der Waals surface area contributed by atoms with E-state index in [9.17, 15) is 9.59 Å². The third kappa shape index (κ3) is 2.58. The monoisotopic (exact) mass is 548 g/mol. The molecule has 0 bridgehead atoms. The highest BCUT2D eigenvalue weighted by atomic mass is 127. The summed E-state index contributed by atoms with van der Waals surface area (Å²) in [5.41, 5.74) is 0.956. The smallest absolute Gasteiger partial charge is 0.162 e. The van der Waals surface area contributed by atoms with Crippen LogP contribution in [0.1, 0.15) is 93.4 Å². The first-order valence-electron chi connectivity index (χ1n) is 12.8. The molecule has 5 aliphatic rings. The second-order valence-corrected chi connectivity index (χ2v) is 15.7. The zero-order valence-corrected chi connectivity index (χ0v) is 23.3. The lowest BCUT2D eigenvalue weighted by Crippen LogP contribution is -2.67. The third-order valence-corrected chi connectivity index (χ3v) is 14.7. The summed E-state index contributed by atoms with van der Waals surface area (Å²) in [6.07, 6.45) is 14.4. The van der Waals surface area contributed by atoms with Crippen LogP contribution in [-0.4, -0.2) is 15.0 Å². The largest absolute Gasteiger partial charge is 0.295 e. The van der Waals surface area contributed by atoms with Crippen LogP contribution in [0.3, 0.4) is 0 Å². The minimum atomic E-state index is -0.439. The summed E-state index contributed by atoms with van der Waals surface area (Å²) >= 11 is 2.61. The molecule has 0 aromatic carbocycles. The van der Waals surface area contributed by atoms with Crippen molar-refractivity contribution in [3.8, 4) is 0 Å². The van der Waals surface area contributed by atoms with Gasteiger partial charge in [0, 0.05) is 20.2 Å². The molecule has 0 radical (unpaired) electrons. The molecule has 3 fully saturated rings. The molecule has 0 saturated heterocycles. The zero-order valence-electron chi connectivity index (χ0n) is 21.1. The Morgan fingerprint density at radius 2 is 1.56 bits per heavy atom. The van der Waals surface area contributed by atoms with Gasteiger partial charge in [-0.1, -0.05) is 77.1 Å². The van der Waals surface area contributed by atoms with Gasteiger partial charge in [-0.15, -0.1) is 0 Å². The van der Waals surface area contributed by atoms with E-state index >= 15 is 0 Å². The van der Waals surface area contributed by atoms with E-state index in [0.717, 1.165) is 25.2 Å². The van der Waals surface area contributed by atoms with Crippen LogP contribution in [0.25, 0.3) is 0 Å². The lowest BCUT2D eigenvalue weighted by molar-refractivity contribution is -0.152. The molecule has 3 saturated carbocycles. The van der Waals surface area contributed by atoms with E-state index in [2.05, 4.69) is 83.2 Å². The van der Waals surface area contributed by atoms with Gasteiger partial charge >= 0.3 is 0 Å². The van der Waals surface area contributed by atoms with Crippen LogP contribution < -0.4 is 0 Å². The number of hydrogen-bond acceptors (Lipinski definition) is 2. The molecule has 2 nitrogen and oxygen atoms in total. The minimum absolute atomic E-state index is 0.00235. The molecule has 176 valence electrons. The SMILES string of the molecule is CC1(C)CCC2CC[C@]3(C)C(C(=O)C=C4[C@@]5(C)C=CC(=O)C(C)(C)[C@]5(I)CC[C@]43C)C2C1. The topological polar surface area (TPSA) is 34.1 Å².